The van der Waals surface area contributed by atoms with Gasteiger partial charge in [0.25, 0.3) is 0 Å². The molecular formula is C14H13ClFNO2S. The fraction of sp³-hybridized carbons (Fsp3) is 0.286. The first kappa shape index (κ1) is 14.9. The Kier molecular flexibility index (Phi) is 4.40. The highest BCUT2D eigenvalue weighted by atomic mass is 35.5. The van der Waals surface area contributed by atoms with Gasteiger partial charge in [-0.05, 0) is 30.5 Å². The van der Waals surface area contributed by atoms with Crippen molar-refractivity contribution in [2.75, 3.05) is 0 Å². The number of carboxylic acid groups (broad SMARTS) is 1. The number of aromatic nitrogens is 1. The Balaban J connectivity index is 2.46. The second kappa shape index (κ2) is 5.89. The number of carboxylic acids is 1. The second-order valence-electron chi connectivity index (χ2n) is 4.83. The minimum Gasteiger partial charge on any atom is -0.477 e. The van der Waals surface area contributed by atoms with Gasteiger partial charge in [0.05, 0.1) is 10.7 Å². The molecule has 0 amide bonds. The largest absolute Gasteiger partial charge is 0.477 e. The Hall–Kier alpha value is -1.46. The van der Waals surface area contributed by atoms with Crippen molar-refractivity contribution in [3.8, 4) is 10.6 Å². The molecule has 106 valence electrons. The van der Waals surface area contributed by atoms with Crippen LogP contribution in [0.15, 0.2) is 18.2 Å². The summed E-state index contributed by atoms with van der Waals surface area (Å²) in [4.78, 5) is 15.9. The third-order valence-electron chi connectivity index (χ3n) is 2.66. The molecule has 2 rings (SSSR count). The highest BCUT2D eigenvalue weighted by Gasteiger charge is 2.19. The molecular weight excluding hydrogens is 301 g/mol. The normalized spacial score (nSPS) is 11.1. The Morgan fingerprint density at radius 1 is 1.50 bits per heavy atom. The summed E-state index contributed by atoms with van der Waals surface area (Å²) in [6.45, 7) is 4.00. The van der Waals surface area contributed by atoms with Crippen LogP contribution in [0.3, 0.4) is 0 Å². The number of carbonyl (C=O) groups is 1. The SMILES string of the molecule is CC(C)Cc1nc(-c2ccc(F)c(Cl)c2)sc1C(=O)O. The molecule has 0 unspecified atom stereocenters. The van der Waals surface area contributed by atoms with E-state index in [9.17, 15) is 14.3 Å². The molecule has 1 heterocycles. The van der Waals surface area contributed by atoms with Crippen molar-refractivity contribution < 1.29 is 14.3 Å². The van der Waals surface area contributed by atoms with Crippen LogP contribution in [-0.4, -0.2) is 16.1 Å². The van der Waals surface area contributed by atoms with E-state index < -0.39 is 11.8 Å². The van der Waals surface area contributed by atoms with E-state index in [0.29, 0.717) is 28.6 Å². The molecule has 0 bridgehead atoms. The summed E-state index contributed by atoms with van der Waals surface area (Å²) in [5.74, 6) is -1.19. The van der Waals surface area contributed by atoms with Crippen LogP contribution in [0.2, 0.25) is 5.02 Å². The zero-order valence-corrected chi connectivity index (χ0v) is 12.6. The van der Waals surface area contributed by atoms with Gasteiger partial charge in [-0.15, -0.1) is 11.3 Å². The molecule has 0 aliphatic heterocycles. The van der Waals surface area contributed by atoms with E-state index in [2.05, 4.69) is 4.98 Å². The van der Waals surface area contributed by atoms with Gasteiger partial charge < -0.3 is 5.11 Å². The van der Waals surface area contributed by atoms with Crippen LogP contribution < -0.4 is 0 Å². The highest BCUT2D eigenvalue weighted by molar-refractivity contribution is 7.17. The van der Waals surface area contributed by atoms with Gasteiger partial charge in [0.1, 0.15) is 15.7 Å². The molecule has 20 heavy (non-hydrogen) atoms. The summed E-state index contributed by atoms with van der Waals surface area (Å²) < 4.78 is 13.2. The lowest BCUT2D eigenvalue weighted by atomic mass is 10.1. The van der Waals surface area contributed by atoms with Gasteiger partial charge in [0.15, 0.2) is 0 Å². The van der Waals surface area contributed by atoms with Gasteiger partial charge in [0, 0.05) is 5.56 Å². The zero-order chi connectivity index (χ0) is 14.9. The number of hydrogen-bond acceptors (Lipinski definition) is 3. The number of thiazole rings is 1. The van der Waals surface area contributed by atoms with Crippen LogP contribution in [0.5, 0.6) is 0 Å². The number of rotatable bonds is 4. The van der Waals surface area contributed by atoms with Crippen molar-refractivity contribution in [1.82, 2.24) is 4.98 Å². The number of halogens is 2. The van der Waals surface area contributed by atoms with Gasteiger partial charge in [0.2, 0.25) is 0 Å². The van der Waals surface area contributed by atoms with Gasteiger partial charge in [-0.3, -0.25) is 0 Å². The third kappa shape index (κ3) is 3.16. The predicted octanol–water partition coefficient (Wildman–Crippen LogP) is 4.50. The summed E-state index contributed by atoms with van der Waals surface area (Å²) in [6.07, 6.45) is 0.590. The molecule has 0 spiro atoms. The number of aromatic carboxylic acids is 1. The third-order valence-corrected chi connectivity index (χ3v) is 4.08. The van der Waals surface area contributed by atoms with Crippen molar-refractivity contribution in [1.29, 1.82) is 0 Å². The first-order chi connectivity index (χ1) is 9.38. The van der Waals surface area contributed by atoms with Gasteiger partial charge in [-0.2, -0.15) is 0 Å². The van der Waals surface area contributed by atoms with Crippen molar-refractivity contribution in [3.63, 3.8) is 0 Å². The van der Waals surface area contributed by atoms with Gasteiger partial charge >= 0.3 is 5.97 Å². The standard InChI is InChI=1S/C14H13ClFNO2S/c1-7(2)5-11-12(14(18)19)20-13(17-11)8-3-4-10(16)9(15)6-8/h3-4,6-7H,5H2,1-2H3,(H,18,19). The average molecular weight is 314 g/mol. The predicted molar refractivity (Wildman–Crippen MR) is 78.0 cm³/mol. The molecule has 0 atom stereocenters. The first-order valence-corrected chi connectivity index (χ1v) is 7.26. The van der Waals surface area contributed by atoms with Gasteiger partial charge in [-0.25, -0.2) is 14.2 Å². The Morgan fingerprint density at radius 2 is 2.20 bits per heavy atom. The molecule has 3 nitrogen and oxygen atoms in total. The van der Waals surface area contributed by atoms with Gasteiger partial charge in [-0.1, -0.05) is 25.4 Å². The summed E-state index contributed by atoms with van der Waals surface area (Å²) in [5, 5.41) is 9.76. The Labute approximate surface area is 125 Å². The lowest BCUT2D eigenvalue weighted by molar-refractivity contribution is 0.0700. The fourth-order valence-electron chi connectivity index (χ4n) is 1.80. The maximum atomic E-state index is 13.2. The second-order valence-corrected chi connectivity index (χ2v) is 6.23. The lowest BCUT2D eigenvalue weighted by Crippen LogP contribution is -2.02. The molecule has 0 saturated heterocycles. The average Bonchev–Trinajstić information content (AvgIpc) is 2.76. The van der Waals surface area contributed by atoms with E-state index in [4.69, 9.17) is 11.6 Å². The first-order valence-electron chi connectivity index (χ1n) is 6.07. The van der Waals surface area contributed by atoms with E-state index in [-0.39, 0.29) is 9.90 Å². The molecule has 0 radical (unpaired) electrons. The van der Waals surface area contributed by atoms with Crippen molar-refractivity contribution >= 4 is 28.9 Å². The van der Waals surface area contributed by atoms with Crippen molar-refractivity contribution in [2.24, 2.45) is 5.92 Å². The lowest BCUT2D eigenvalue weighted by Gasteiger charge is -2.01. The summed E-state index contributed by atoms with van der Waals surface area (Å²) in [6, 6.07) is 4.26. The maximum Gasteiger partial charge on any atom is 0.347 e. The minimum atomic E-state index is -0.988. The Morgan fingerprint density at radius 3 is 2.75 bits per heavy atom. The van der Waals surface area contributed by atoms with E-state index in [1.54, 1.807) is 6.07 Å². The van der Waals surface area contributed by atoms with E-state index >= 15 is 0 Å². The van der Waals surface area contributed by atoms with Crippen LogP contribution in [0.4, 0.5) is 4.39 Å². The molecule has 0 saturated carbocycles. The van der Waals surface area contributed by atoms with E-state index in [1.807, 2.05) is 13.8 Å². The molecule has 0 fully saturated rings. The highest BCUT2D eigenvalue weighted by Crippen LogP contribution is 2.31. The molecule has 2 aromatic rings. The zero-order valence-electron chi connectivity index (χ0n) is 11.0. The van der Waals surface area contributed by atoms with Crippen LogP contribution in [0.1, 0.15) is 29.2 Å². The van der Waals surface area contributed by atoms with Crippen LogP contribution in [-0.2, 0) is 6.42 Å². The fourth-order valence-corrected chi connectivity index (χ4v) is 2.91. The molecule has 1 aromatic carbocycles. The van der Waals surface area contributed by atoms with Crippen molar-refractivity contribution in [3.05, 3.63) is 39.6 Å². The van der Waals surface area contributed by atoms with Crippen LogP contribution >= 0.6 is 22.9 Å². The topological polar surface area (TPSA) is 50.2 Å². The summed E-state index contributed by atoms with van der Waals surface area (Å²) >= 11 is 6.83. The minimum absolute atomic E-state index is 0.0000143. The maximum absolute atomic E-state index is 13.2. The number of benzene rings is 1. The van der Waals surface area contributed by atoms with E-state index in [0.717, 1.165) is 11.3 Å². The monoisotopic (exact) mass is 313 g/mol. The quantitative estimate of drug-likeness (QED) is 0.904. The van der Waals surface area contributed by atoms with Crippen LogP contribution in [0, 0.1) is 11.7 Å². The van der Waals surface area contributed by atoms with Crippen molar-refractivity contribution in [2.45, 2.75) is 20.3 Å². The smallest absolute Gasteiger partial charge is 0.347 e. The molecule has 0 aliphatic rings. The summed E-state index contributed by atoms with van der Waals surface area (Å²) in [5.41, 5.74) is 1.19. The number of hydrogen-bond donors (Lipinski definition) is 1. The molecule has 1 aromatic heterocycles. The molecule has 1 N–H and O–H groups in total. The van der Waals surface area contributed by atoms with E-state index in [1.165, 1.54) is 12.1 Å². The van der Waals surface area contributed by atoms with Crippen LogP contribution in [0.25, 0.3) is 10.6 Å². The Bertz CT molecular complexity index is 655. The molecule has 6 heteroatoms. The molecule has 0 aliphatic carbocycles. The number of nitrogens with zero attached hydrogens (tertiary/aromatic N) is 1. The summed E-state index contributed by atoms with van der Waals surface area (Å²) in [7, 11) is 0.